The van der Waals surface area contributed by atoms with E-state index in [4.69, 9.17) is 0 Å². The maximum atomic E-state index is 4.28. The average molecular weight is 206 g/mol. The molecular weight excluding hydrogens is 188 g/mol. The van der Waals surface area contributed by atoms with Crippen molar-refractivity contribution in [1.29, 1.82) is 0 Å². The molecular formula is C11H18N4. The first-order valence-electron chi connectivity index (χ1n) is 5.57. The summed E-state index contributed by atoms with van der Waals surface area (Å²) in [5.74, 6) is 0.949. The molecule has 0 amide bonds. The number of likely N-dealkylation sites (N-methyl/N-ethyl adjacent to an activating group) is 1. The van der Waals surface area contributed by atoms with Crippen LogP contribution in [0.2, 0.25) is 0 Å². The first-order valence-corrected chi connectivity index (χ1v) is 5.57. The van der Waals surface area contributed by atoms with Crippen molar-refractivity contribution in [2.45, 2.75) is 25.3 Å². The van der Waals surface area contributed by atoms with E-state index in [-0.39, 0.29) is 0 Å². The zero-order valence-electron chi connectivity index (χ0n) is 9.19. The van der Waals surface area contributed by atoms with Crippen LogP contribution in [-0.2, 0) is 0 Å². The largest absolute Gasteiger partial charge is 0.357 e. The molecule has 1 aromatic rings. The van der Waals surface area contributed by atoms with E-state index in [1.54, 1.807) is 12.4 Å². The van der Waals surface area contributed by atoms with Gasteiger partial charge in [0.1, 0.15) is 5.82 Å². The van der Waals surface area contributed by atoms with Gasteiger partial charge in [0.05, 0.1) is 6.20 Å². The van der Waals surface area contributed by atoms with Gasteiger partial charge in [-0.05, 0) is 19.4 Å². The van der Waals surface area contributed by atoms with Crippen molar-refractivity contribution >= 4 is 5.82 Å². The van der Waals surface area contributed by atoms with Crippen LogP contribution in [0.3, 0.4) is 0 Å². The Hall–Kier alpha value is -1.16. The van der Waals surface area contributed by atoms with Crippen LogP contribution in [0.15, 0.2) is 18.6 Å². The van der Waals surface area contributed by atoms with Gasteiger partial charge in [-0.15, -0.1) is 0 Å². The number of nitrogens with one attached hydrogen (secondary N) is 1. The Bertz CT molecular complexity index is 282. The van der Waals surface area contributed by atoms with Crippen LogP contribution in [-0.4, -0.2) is 36.1 Å². The molecule has 0 spiro atoms. The molecule has 0 bridgehead atoms. The molecule has 1 N–H and O–H groups in total. The smallest absolute Gasteiger partial charge is 0.146 e. The molecule has 0 unspecified atom stereocenters. The molecule has 82 valence electrons. The highest BCUT2D eigenvalue weighted by atomic mass is 15.2. The minimum atomic E-state index is 0.603. The van der Waals surface area contributed by atoms with E-state index in [0.29, 0.717) is 6.04 Å². The lowest BCUT2D eigenvalue weighted by molar-refractivity contribution is 0.403. The molecule has 1 atom stereocenters. The Morgan fingerprint density at radius 1 is 1.47 bits per heavy atom. The molecule has 1 fully saturated rings. The van der Waals surface area contributed by atoms with Gasteiger partial charge >= 0.3 is 0 Å². The lowest BCUT2D eigenvalue weighted by atomic mass is 10.0. The third-order valence-corrected chi connectivity index (χ3v) is 2.85. The van der Waals surface area contributed by atoms with Gasteiger partial charge in [-0.2, -0.15) is 0 Å². The highest BCUT2D eigenvalue weighted by Crippen LogP contribution is 2.11. The number of aromatic nitrogens is 2. The monoisotopic (exact) mass is 206 g/mol. The summed E-state index contributed by atoms with van der Waals surface area (Å²) in [5, 5.41) is 3.53. The molecule has 0 radical (unpaired) electrons. The summed E-state index contributed by atoms with van der Waals surface area (Å²) in [6, 6.07) is 0.603. The number of nitrogens with zero attached hydrogens (tertiary/aromatic N) is 3. The summed E-state index contributed by atoms with van der Waals surface area (Å²) in [6.07, 6.45) is 9.17. The molecule has 1 aromatic heterocycles. The van der Waals surface area contributed by atoms with E-state index in [1.807, 2.05) is 6.20 Å². The van der Waals surface area contributed by atoms with Gasteiger partial charge in [-0.1, -0.05) is 6.42 Å². The van der Waals surface area contributed by atoms with Gasteiger partial charge < -0.3 is 10.2 Å². The number of rotatable bonds is 3. The zero-order chi connectivity index (χ0) is 10.5. The number of piperidine rings is 1. The summed E-state index contributed by atoms with van der Waals surface area (Å²) in [6.45, 7) is 2.16. The van der Waals surface area contributed by atoms with Crippen molar-refractivity contribution in [3.05, 3.63) is 18.6 Å². The molecule has 1 saturated heterocycles. The van der Waals surface area contributed by atoms with Gasteiger partial charge in [0.15, 0.2) is 0 Å². The molecule has 2 heterocycles. The first kappa shape index (κ1) is 10.4. The normalized spacial score (nSPS) is 21.3. The molecule has 0 saturated carbocycles. The van der Waals surface area contributed by atoms with Crippen molar-refractivity contribution < 1.29 is 0 Å². The predicted molar refractivity (Wildman–Crippen MR) is 60.9 cm³/mol. The molecule has 0 aromatic carbocycles. The summed E-state index contributed by atoms with van der Waals surface area (Å²) in [5.41, 5.74) is 0. The third kappa shape index (κ3) is 2.89. The fraction of sp³-hybridized carbons (Fsp3) is 0.636. The summed E-state index contributed by atoms with van der Waals surface area (Å²) in [4.78, 5) is 10.5. The maximum absolute atomic E-state index is 4.28. The fourth-order valence-corrected chi connectivity index (χ4v) is 1.99. The second kappa shape index (κ2) is 5.07. The van der Waals surface area contributed by atoms with Crippen LogP contribution in [0.4, 0.5) is 5.82 Å². The maximum Gasteiger partial charge on any atom is 0.146 e. The van der Waals surface area contributed by atoms with Gasteiger partial charge in [0.25, 0.3) is 0 Å². The highest BCUT2D eigenvalue weighted by Gasteiger charge is 2.15. The Morgan fingerprint density at radius 3 is 3.07 bits per heavy atom. The summed E-state index contributed by atoms with van der Waals surface area (Å²) >= 11 is 0. The molecule has 1 aliphatic heterocycles. The van der Waals surface area contributed by atoms with E-state index < -0.39 is 0 Å². The minimum Gasteiger partial charge on any atom is -0.357 e. The van der Waals surface area contributed by atoms with Crippen molar-refractivity contribution in [3.63, 3.8) is 0 Å². The van der Waals surface area contributed by atoms with E-state index in [9.17, 15) is 0 Å². The molecule has 0 aliphatic carbocycles. The van der Waals surface area contributed by atoms with Gasteiger partial charge in [0.2, 0.25) is 0 Å². The molecule has 2 rings (SSSR count). The highest BCUT2D eigenvalue weighted by molar-refractivity contribution is 5.33. The summed E-state index contributed by atoms with van der Waals surface area (Å²) < 4.78 is 0. The topological polar surface area (TPSA) is 41.0 Å². The second-order valence-electron chi connectivity index (χ2n) is 4.09. The molecule has 4 heteroatoms. The van der Waals surface area contributed by atoms with Gasteiger partial charge in [-0.3, -0.25) is 4.98 Å². The number of hydrogen-bond donors (Lipinski definition) is 1. The van der Waals surface area contributed by atoms with Crippen LogP contribution in [0.1, 0.15) is 19.3 Å². The van der Waals surface area contributed by atoms with Crippen LogP contribution in [0, 0.1) is 0 Å². The van der Waals surface area contributed by atoms with Crippen molar-refractivity contribution in [3.8, 4) is 0 Å². The molecule has 15 heavy (non-hydrogen) atoms. The summed E-state index contributed by atoms with van der Waals surface area (Å²) in [7, 11) is 2.07. The lowest BCUT2D eigenvalue weighted by Crippen LogP contribution is -2.42. The van der Waals surface area contributed by atoms with Crippen LogP contribution >= 0.6 is 0 Å². The van der Waals surface area contributed by atoms with Crippen LogP contribution in [0.25, 0.3) is 0 Å². The molecule has 4 nitrogen and oxygen atoms in total. The standard InChI is InChI=1S/C11H18N4/c1-15(11-8-12-6-7-14-11)9-10-4-2-3-5-13-10/h6-8,10,13H,2-5,9H2,1H3/t10-/m0/s1. The Kier molecular flexibility index (Phi) is 3.50. The SMILES string of the molecule is CN(C[C@@H]1CCCCN1)c1cnccn1. The van der Waals surface area contributed by atoms with E-state index >= 15 is 0 Å². The Morgan fingerprint density at radius 2 is 2.40 bits per heavy atom. The second-order valence-corrected chi connectivity index (χ2v) is 4.09. The van der Waals surface area contributed by atoms with Crippen molar-refractivity contribution in [2.24, 2.45) is 0 Å². The third-order valence-electron chi connectivity index (χ3n) is 2.85. The average Bonchev–Trinajstić information content (AvgIpc) is 2.31. The number of anilines is 1. The Labute approximate surface area is 90.7 Å². The van der Waals surface area contributed by atoms with Gasteiger partial charge in [-0.25, -0.2) is 4.98 Å². The zero-order valence-corrected chi connectivity index (χ0v) is 9.19. The van der Waals surface area contributed by atoms with Crippen molar-refractivity contribution in [2.75, 3.05) is 25.0 Å². The van der Waals surface area contributed by atoms with Crippen molar-refractivity contribution in [1.82, 2.24) is 15.3 Å². The van der Waals surface area contributed by atoms with Crippen LogP contribution in [0.5, 0.6) is 0 Å². The lowest BCUT2D eigenvalue weighted by Gasteiger charge is -2.28. The quantitative estimate of drug-likeness (QED) is 0.802. The van der Waals surface area contributed by atoms with Gasteiger partial charge in [0, 0.05) is 32.0 Å². The van der Waals surface area contributed by atoms with E-state index in [0.717, 1.165) is 18.9 Å². The minimum absolute atomic E-state index is 0.603. The fourth-order valence-electron chi connectivity index (χ4n) is 1.99. The van der Waals surface area contributed by atoms with Crippen LogP contribution < -0.4 is 10.2 Å². The van der Waals surface area contributed by atoms with E-state index in [2.05, 4.69) is 27.2 Å². The van der Waals surface area contributed by atoms with E-state index in [1.165, 1.54) is 19.3 Å². The first-order chi connectivity index (χ1) is 7.36. The predicted octanol–water partition coefficient (Wildman–Crippen LogP) is 1.05. The Balaban J connectivity index is 1.88. The number of hydrogen-bond acceptors (Lipinski definition) is 4. The molecule has 1 aliphatic rings.